The zero-order valence-corrected chi connectivity index (χ0v) is 25.7. The molecule has 0 saturated carbocycles. The molecule has 1 fully saturated rings. The predicted octanol–water partition coefficient (Wildman–Crippen LogP) is 4.24. The van der Waals surface area contributed by atoms with Gasteiger partial charge in [-0.3, -0.25) is 18.7 Å². The molecule has 3 atom stereocenters. The molecule has 1 saturated heterocycles. The van der Waals surface area contributed by atoms with Crippen LogP contribution >= 0.6 is 11.8 Å². The summed E-state index contributed by atoms with van der Waals surface area (Å²) in [7, 11) is -1.68. The van der Waals surface area contributed by atoms with Gasteiger partial charge in [0.25, 0.3) is 5.91 Å². The number of benzene rings is 3. The summed E-state index contributed by atoms with van der Waals surface area (Å²) < 4.78 is 24.8. The van der Waals surface area contributed by atoms with E-state index in [1.165, 1.54) is 11.0 Å². The smallest absolute Gasteiger partial charge is 0.356 e. The Bertz CT molecular complexity index is 1820. The SMILES string of the molecule is Cc1cc(SC2=C(C(=O)OC(c3ccccc3)c3ccccc3)N3C(=O)[C@@H](NC(=O)Cc4ccccc4)[C@H]3S(=O)C2)cc(=O)o1. The van der Waals surface area contributed by atoms with Gasteiger partial charge in [-0.1, -0.05) is 103 Å². The second-order valence-corrected chi connectivity index (χ2v) is 13.2. The van der Waals surface area contributed by atoms with Crippen LogP contribution in [0.2, 0.25) is 0 Å². The number of amides is 2. The van der Waals surface area contributed by atoms with E-state index in [9.17, 15) is 23.4 Å². The molecule has 228 valence electrons. The number of β-lactam (4-membered cyclic amide) rings is 1. The van der Waals surface area contributed by atoms with Crippen molar-refractivity contribution < 1.29 is 27.7 Å². The third-order valence-corrected chi connectivity index (χ3v) is 10.2. The number of hydrogen-bond acceptors (Lipinski definition) is 8. The molecule has 0 radical (unpaired) electrons. The van der Waals surface area contributed by atoms with Crippen molar-refractivity contribution in [3.05, 3.63) is 147 Å². The topological polar surface area (TPSA) is 123 Å². The van der Waals surface area contributed by atoms with Crippen LogP contribution in [0.3, 0.4) is 0 Å². The van der Waals surface area contributed by atoms with Crippen molar-refractivity contribution >= 4 is 40.3 Å². The van der Waals surface area contributed by atoms with E-state index < -0.39 is 51.7 Å². The normalized spacial score (nSPS) is 19.1. The highest BCUT2D eigenvalue weighted by molar-refractivity contribution is 8.04. The number of fused-ring (bicyclic) bond motifs is 1. The third kappa shape index (κ3) is 6.54. The maximum Gasteiger partial charge on any atom is 0.356 e. The molecule has 0 spiro atoms. The molecule has 9 nitrogen and oxygen atoms in total. The lowest BCUT2D eigenvalue weighted by Gasteiger charge is -2.49. The van der Waals surface area contributed by atoms with E-state index in [-0.39, 0.29) is 17.9 Å². The number of hydrogen-bond donors (Lipinski definition) is 1. The van der Waals surface area contributed by atoms with Gasteiger partial charge in [-0.2, -0.15) is 0 Å². The van der Waals surface area contributed by atoms with E-state index in [1.54, 1.807) is 25.1 Å². The fraction of sp³-hybridized carbons (Fsp3) is 0.176. The summed E-state index contributed by atoms with van der Waals surface area (Å²) in [5.41, 5.74) is 1.57. The van der Waals surface area contributed by atoms with Gasteiger partial charge in [0.15, 0.2) is 6.10 Å². The van der Waals surface area contributed by atoms with Crippen molar-refractivity contribution in [2.75, 3.05) is 5.75 Å². The van der Waals surface area contributed by atoms with Crippen molar-refractivity contribution in [2.45, 2.75) is 35.8 Å². The number of ether oxygens (including phenoxy) is 1. The molecular formula is C34H28N2O7S2. The molecule has 0 bridgehead atoms. The number of carbonyl (C=O) groups is 3. The number of thioether (sulfide) groups is 1. The Balaban J connectivity index is 1.34. The average molecular weight is 641 g/mol. The molecule has 2 amide bonds. The quantitative estimate of drug-likeness (QED) is 0.213. The molecule has 2 aliphatic heterocycles. The number of aryl methyl sites for hydroxylation is 1. The molecule has 1 N–H and O–H groups in total. The van der Waals surface area contributed by atoms with Gasteiger partial charge in [0, 0.05) is 15.9 Å². The summed E-state index contributed by atoms with van der Waals surface area (Å²) in [5.74, 6) is -1.49. The summed E-state index contributed by atoms with van der Waals surface area (Å²) in [6.45, 7) is 1.62. The van der Waals surface area contributed by atoms with Crippen LogP contribution in [0, 0.1) is 6.92 Å². The van der Waals surface area contributed by atoms with E-state index in [4.69, 9.17) is 9.15 Å². The molecule has 11 heteroatoms. The molecule has 1 aromatic heterocycles. The number of nitrogens with zero attached hydrogens (tertiary/aromatic N) is 1. The van der Waals surface area contributed by atoms with Crippen molar-refractivity contribution in [1.82, 2.24) is 10.2 Å². The van der Waals surface area contributed by atoms with Gasteiger partial charge in [-0.05, 0) is 29.7 Å². The van der Waals surface area contributed by atoms with Crippen LogP contribution < -0.4 is 10.9 Å². The van der Waals surface area contributed by atoms with Crippen LogP contribution in [-0.4, -0.2) is 44.1 Å². The van der Waals surface area contributed by atoms with Gasteiger partial charge in [-0.25, -0.2) is 9.59 Å². The Morgan fingerprint density at radius 2 is 1.56 bits per heavy atom. The largest absolute Gasteiger partial charge is 0.448 e. The van der Waals surface area contributed by atoms with E-state index in [0.29, 0.717) is 15.6 Å². The summed E-state index contributed by atoms with van der Waals surface area (Å²) >= 11 is 1.05. The Labute approximate surface area is 265 Å². The van der Waals surface area contributed by atoms with Crippen LogP contribution in [0.15, 0.2) is 128 Å². The lowest BCUT2D eigenvalue weighted by atomic mass is 10.0. The highest BCUT2D eigenvalue weighted by Gasteiger charge is 2.57. The van der Waals surface area contributed by atoms with Crippen LogP contribution in [0.25, 0.3) is 0 Å². The lowest BCUT2D eigenvalue weighted by molar-refractivity contribution is -0.154. The number of nitrogens with one attached hydrogen (secondary N) is 1. The highest BCUT2D eigenvalue weighted by Crippen LogP contribution is 2.42. The molecule has 2 aliphatic rings. The van der Waals surface area contributed by atoms with Gasteiger partial charge in [-0.15, -0.1) is 0 Å². The van der Waals surface area contributed by atoms with E-state index in [0.717, 1.165) is 28.5 Å². The van der Waals surface area contributed by atoms with Gasteiger partial charge < -0.3 is 14.5 Å². The first-order valence-electron chi connectivity index (χ1n) is 14.2. The van der Waals surface area contributed by atoms with E-state index in [1.807, 2.05) is 78.9 Å². The highest BCUT2D eigenvalue weighted by atomic mass is 32.2. The van der Waals surface area contributed by atoms with Crippen molar-refractivity contribution in [3.8, 4) is 0 Å². The monoisotopic (exact) mass is 640 g/mol. The minimum atomic E-state index is -1.68. The van der Waals surface area contributed by atoms with Crippen molar-refractivity contribution in [2.24, 2.45) is 0 Å². The first-order valence-corrected chi connectivity index (χ1v) is 16.4. The Kier molecular flexibility index (Phi) is 8.81. The molecule has 1 unspecified atom stereocenters. The fourth-order valence-corrected chi connectivity index (χ4v) is 8.37. The maximum absolute atomic E-state index is 14.1. The maximum atomic E-state index is 14.1. The second kappa shape index (κ2) is 13.1. The van der Waals surface area contributed by atoms with Crippen LogP contribution in [0.4, 0.5) is 0 Å². The minimum absolute atomic E-state index is 0.0432. The van der Waals surface area contributed by atoms with Crippen molar-refractivity contribution in [3.63, 3.8) is 0 Å². The van der Waals surface area contributed by atoms with E-state index >= 15 is 0 Å². The minimum Gasteiger partial charge on any atom is -0.448 e. The third-order valence-electron chi connectivity index (χ3n) is 7.35. The lowest BCUT2D eigenvalue weighted by Crippen LogP contribution is -2.73. The number of rotatable bonds is 9. The summed E-state index contributed by atoms with van der Waals surface area (Å²) in [5, 5.41) is 1.76. The summed E-state index contributed by atoms with van der Waals surface area (Å²) in [4.78, 5) is 54.7. The second-order valence-electron chi connectivity index (χ2n) is 10.5. The van der Waals surface area contributed by atoms with Crippen molar-refractivity contribution in [1.29, 1.82) is 0 Å². The fourth-order valence-electron chi connectivity index (χ4n) is 5.34. The summed E-state index contributed by atoms with van der Waals surface area (Å²) in [6.07, 6.45) is -0.755. The first-order chi connectivity index (χ1) is 21.8. The molecule has 4 aromatic rings. The van der Waals surface area contributed by atoms with Gasteiger partial charge in [0.05, 0.1) is 23.0 Å². The molecule has 6 rings (SSSR count). The zero-order chi connectivity index (χ0) is 31.5. The van der Waals surface area contributed by atoms with Gasteiger partial charge in [0.1, 0.15) is 22.9 Å². The van der Waals surface area contributed by atoms with E-state index in [2.05, 4.69) is 5.32 Å². The average Bonchev–Trinajstić information content (AvgIpc) is 3.03. The molecular weight excluding hydrogens is 613 g/mol. The molecule has 3 heterocycles. The Morgan fingerprint density at radius 3 is 2.16 bits per heavy atom. The Morgan fingerprint density at radius 1 is 0.956 bits per heavy atom. The molecule has 45 heavy (non-hydrogen) atoms. The van der Waals surface area contributed by atoms with Crippen LogP contribution in [0.1, 0.15) is 28.6 Å². The predicted molar refractivity (Wildman–Crippen MR) is 169 cm³/mol. The molecule has 3 aromatic carbocycles. The number of esters is 1. The van der Waals surface area contributed by atoms with Crippen LogP contribution in [0.5, 0.6) is 0 Å². The summed E-state index contributed by atoms with van der Waals surface area (Å²) in [6, 6.07) is 29.3. The van der Waals surface area contributed by atoms with Crippen LogP contribution in [-0.2, 0) is 36.3 Å². The Hall–Kier alpha value is -4.74. The first kappa shape index (κ1) is 30.3. The standard InChI is InChI=1S/C34H28N2O7S2/c1-21-17-25(19-28(38)42-21)44-26-20-45(41)33-29(35-27(37)18-22-11-5-2-6-12-22)32(39)36(33)30(26)34(40)43-31(23-13-7-3-8-14-23)24-15-9-4-10-16-24/h2-17,19,29,31,33H,18,20H2,1H3,(H,35,37)/t29-,33-,45?/m1/s1. The molecule has 0 aliphatic carbocycles. The van der Waals surface area contributed by atoms with Gasteiger partial charge in [0.2, 0.25) is 5.91 Å². The zero-order valence-electron chi connectivity index (χ0n) is 24.1. The van der Waals surface area contributed by atoms with Gasteiger partial charge >= 0.3 is 11.6 Å². The number of carbonyl (C=O) groups excluding carboxylic acids is 3.